The molecule has 1 saturated carbocycles. The first-order valence-corrected chi connectivity index (χ1v) is 9.07. The number of hydrogen-bond acceptors (Lipinski definition) is 5. The van der Waals surface area contributed by atoms with Gasteiger partial charge < -0.3 is 14.4 Å². The van der Waals surface area contributed by atoms with Crippen molar-refractivity contribution >= 4 is 0 Å². The second-order valence-corrected chi connectivity index (χ2v) is 7.30. The first-order valence-electron chi connectivity index (χ1n) is 9.07. The summed E-state index contributed by atoms with van der Waals surface area (Å²) >= 11 is 0. The molecule has 1 unspecified atom stereocenters. The van der Waals surface area contributed by atoms with E-state index in [1.54, 1.807) is 0 Å². The highest BCUT2D eigenvalue weighted by atomic mass is 16.5. The molecule has 1 aliphatic carbocycles. The van der Waals surface area contributed by atoms with Gasteiger partial charge in [0, 0.05) is 31.0 Å². The van der Waals surface area contributed by atoms with Crippen molar-refractivity contribution in [2.75, 3.05) is 13.1 Å². The van der Waals surface area contributed by atoms with Crippen LogP contribution in [0.4, 0.5) is 0 Å². The number of hydrogen-bond donors (Lipinski definition) is 1. The molecule has 1 aliphatic heterocycles. The van der Waals surface area contributed by atoms with Crippen molar-refractivity contribution in [3.8, 4) is 0 Å². The van der Waals surface area contributed by atoms with Crippen molar-refractivity contribution in [1.29, 1.82) is 0 Å². The number of imidazole rings is 1. The summed E-state index contributed by atoms with van der Waals surface area (Å²) in [5.74, 6) is 2.10. The van der Waals surface area contributed by atoms with Crippen LogP contribution in [0.1, 0.15) is 43.5 Å². The largest absolute Gasteiger partial charge is 0.360 e. The van der Waals surface area contributed by atoms with Crippen LogP contribution in [0.2, 0.25) is 0 Å². The Bertz CT molecular complexity index is 685. The second-order valence-electron chi connectivity index (χ2n) is 7.30. The molecule has 0 bridgehead atoms. The lowest BCUT2D eigenvalue weighted by Gasteiger charge is -2.29. The maximum absolute atomic E-state index is 5.49. The van der Waals surface area contributed by atoms with E-state index in [1.165, 1.54) is 19.3 Å². The fourth-order valence-corrected chi connectivity index (χ4v) is 4.23. The Morgan fingerprint density at radius 3 is 2.92 bits per heavy atom. The van der Waals surface area contributed by atoms with E-state index in [9.17, 15) is 0 Å². The summed E-state index contributed by atoms with van der Waals surface area (Å²) in [6, 6.07) is 2.68. The van der Waals surface area contributed by atoms with Gasteiger partial charge >= 0.3 is 0 Å². The van der Waals surface area contributed by atoms with E-state index in [1.807, 2.05) is 13.1 Å². The normalized spacial score (nSPS) is 22.4. The van der Waals surface area contributed by atoms with Crippen molar-refractivity contribution in [1.82, 2.24) is 24.9 Å². The van der Waals surface area contributed by atoms with Gasteiger partial charge in [0.25, 0.3) is 0 Å². The maximum atomic E-state index is 5.49. The third kappa shape index (κ3) is 3.00. The van der Waals surface area contributed by atoms with Crippen molar-refractivity contribution in [2.24, 2.45) is 5.41 Å². The smallest absolute Gasteiger partial charge is 0.150 e. The molecule has 2 fully saturated rings. The summed E-state index contributed by atoms with van der Waals surface area (Å²) in [6.45, 7) is 9.10. The van der Waals surface area contributed by atoms with Crippen molar-refractivity contribution in [3.63, 3.8) is 0 Å². The third-order valence-electron chi connectivity index (χ3n) is 5.71. The fourth-order valence-electron chi connectivity index (χ4n) is 4.23. The molecular weight excluding hydrogens is 302 g/mol. The average molecular weight is 329 g/mol. The lowest BCUT2D eigenvalue weighted by Crippen LogP contribution is -2.36. The Labute approximate surface area is 143 Å². The quantitative estimate of drug-likeness (QED) is 0.881. The van der Waals surface area contributed by atoms with Gasteiger partial charge in [-0.05, 0) is 51.6 Å². The summed E-state index contributed by atoms with van der Waals surface area (Å²) in [5.41, 5.74) is 1.46. The third-order valence-corrected chi connectivity index (χ3v) is 5.71. The van der Waals surface area contributed by atoms with Crippen LogP contribution >= 0.6 is 0 Å². The van der Waals surface area contributed by atoms with Gasteiger partial charge in [-0.1, -0.05) is 5.16 Å². The van der Waals surface area contributed by atoms with Gasteiger partial charge in [0.2, 0.25) is 0 Å². The van der Waals surface area contributed by atoms with Crippen LogP contribution in [0, 0.1) is 12.3 Å². The van der Waals surface area contributed by atoms with E-state index >= 15 is 0 Å². The zero-order valence-corrected chi connectivity index (χ0v) is 14.7. The van der Waals surface area contributed by atoms with E-state index in [-0.39, 0.29) is 0 Å². The summed E-state index contributed by atoms with van der Waals surface area (Å²) in [6.07, 6.45) is 7.84. The van der Waals surface area contributed by atoms with Gasteiger partial charge in [0.1, 0.15) is 5.82 Å². The standard InChI is InChI=1S/C18H27N5O/c1-3-22-9-8-20-17(22)13-23(12-15-10-14(2)21-24-15)16-11-18(16)4-6-19-7-5-18/h8-10,16,19H,3-7,11-13H2,1-2H3. The van der Waals surface area contributed by atoms with Gasteiger partial charge in [-0.2, -0.15) is 0 Å². The molecule has 24 heavy (non-hydrogen) atoms. The Kier molecular flexibility index (Phi) is 4.18. The molecule has 2 aromatic rings. The second kappa shape index (κ2) is 6.33. The molecule has 6 heteroatoms. The highest BCUT2D eigenvalue weighted by molar-refractivity contribution is 5.13. The highest BCUT2D eigenvalue weighted by Gasteiger charge is 2.56. The minimum absolute atomic E-state index is 0.504. The first kappa shape index (κ1) is 15.8. The number of piperidine rings is 1. The van der Waals surface area contributed by atoms with Gasteiger partial charge in [-0.25, -0.2) is 4.98 Å². The number of nitrogens with one attached hydrogen (secondary N) is 1. The van der Waals surface area contributed by atoms with E-state index in [4.69, 9.17) is 4.52 Å². The lowest BCUT2D eigenvalue weighted by atomic mass is 9.93. The molecule has 1 spiro atoms. The van der Waals surface area contributed by atoms with Gasteiger partial charge in [0.15, 0.2) is 5.76 Å². The van der Waals surface area contributed by atoms with Gasteiger partial charge in [-0.15, -0.1) is 0 Å². The predicted molar refractivity (Wildman–Crippen MR) is 91.3 cm³/mol. The molecule has 1 saturated heterocycles. The molecule has 1 atom stereocenters. The van der Waals surface area contributed by atoms with Crippen LogP contribution in [-0.2, 0) is 19.6 Å². The van der Waals surface area contributed by atoms with Gasteiger partial charge in [-0.3, -0.25) is 4.90 Å². The van der Waals surface area contributed by atoms with E-state index in [0.29, 0.717) is 11.5 Å². The van der Waals surface area contributed by atoms with E-state index in [0.717, 1.165) is 50.0 Å². The predicted octanol–water partition coefficient (Wildman–Crippen LogP) is 2.34. The highest BCUT2D eigenvalue weighted by Crippen LogP contribution is 2.56. The summed E-state index contributed by atoms with van der Waals surface area (Å²) in [7, 11) is 0. The number of aromatic nitrogens is 3. The zero-order chi connectivity index (χ0) is 16.6. The number of nitrogens with zero attached hydrogens (tertiary/aromatic N) is 4. The molecule has 3 heterocycles. The molecule has 4 rings (SSSR count). The minimum Gasteiger partial charge on any atom is -0.360 e. The monoisotopic (exact) mass is 329 g/mol. The molecule has 2 aliphatic rings. The molecule has 0 aromatic carbocycles. The fraction of sp³-hybridized carbons (Fsp3) is 0.667. The van der Waals surface area contributed by atoms with E-state index in [2.05, 4.69) is 44.1 Å². The summed E-state index contributed by atoms with van der Waals surface area (Å²) in [5, 5.41) is 7.54. The maximum Gasteiger partial charge on any atom is 0.150 e. The van der Waals surface area contributed by atoms with E-state index < -0.39 is 0 Å². The van der Waals surface area contributed by atoms with Gasteiger partial charge in [0.05, 0.1) is 18.8 Å². The molecule has 130 valence electrons. The molecule has 0 radical (unpaired) electrons. The Morgan fingerprint density at radius 1 is 1.38 bits per heavy atom. The van der Waals surface area contributed by atoms with Crippen LogP contribution in [-0.4, -0.2) is 38.7 Å². The number of rotatable bonds is 6. The number of aryl methyl sites for hydroxylation is 2. The Morgan fingerprint density at radius 2 is 2.21 bits per heavy atom. The summed E-state index contributed by atoms with van der Waals surface area (Å²) < 4.78 is 7.73. The van der Waals surface area contributed by atoms with Crippen LogP contribution in [0.25, 0.3) is 0 Å². The lowest BCUT2D eigenvalue weighted by molar-refractivity contribution is 0.165. The van der Waals surface area contributed by atoms with Crippen LogP contribution in [0.3, 0.4) is 0 Å². The van der Waals surface area contributed by atoms with Crippen LogP contribution in [0.15, 0.2) is 23.0 Å². The Balaban J connectivity index is 1.53. The topological polar surface area (TPSA) is 59.1 Å². The first-order chi connectivity index (χ1) is 11.7. The van der Waals surface area contributed by atoms with Crippen LogP contribution < -0.4 is 5.32 Å². The van der Waals surface area contributed by atoms with Crippen molar-refractivity contribution in [3.05, 3.63) is 35.7 Å². The minimum atomic E-state index is 0.504. The zero-order valence-electron chi connectivity index (χ0n) is 14.7. The molecule has 2 aromatic heterocycles. The summed E-state index contributed by atoms with van der Waals surface area (Å²) in [4.78, 5) is 7.14. The van der Waals surface area contributed by atoms with Crippen molar-refractivity contribution in [2.45, 2.75) is 58.8 Å². The molecule has 6 nitrogen and oxygen atoms in total. The molecule has 1 N–H and O–H groups in total. The SMILES string of the molecule is CCn1ccnc1CN(Cc1cc(C)no1)C1CC12CCNCC2. The van der Waals surface area contributed by atoms with Crippen molar-refractivity contribution < 1.29 is 4.52 Å². The average Bonchev–Trinajstić information content (AvgIpc) is 2.93. The Hall–Kier alpha value is -1.66. The molecular formula is C18H27N5O. The van der Waals surface area contributed by atoms with Crippen LogP contribution in [0.5, 0.6) is 0 Å². The molecule has 0 amide bonds.